The maximum Gasteiger partial charge on any atom is 0.245 e. The summed E-state index contributed by atoms with van der Waals surface area (Å²) in [7, 11) is 5.99. The summed E-state index contributed by atoms with van der Waals surface area (Å²) >= 11 is 13.0. The second-order valence-electron chi connectivity index (χ2n) is 5.13. The van der Waals surface area contributed by atoms with Crippen LogP contribution in [0.15, 0.2) is 12.7 Å². The van der Waals surface area contributed by atoms with Crippen molar-refractivity contribution in [1.82, 2.24) is 19.5 Å². The first-order valence-electron chi connectivity index (χ1n) is 7.42. The van der Waals surface area contributed by atoms with E-state index in [0.29, 0.717) is 49.9 Å². The first-order valence-corrected chi connectivity index (χ1v) is 8.18. The lowest BCUT2D eigenvalue weighted by atomic mass is 10.1. The monoisotopic (exact) mass is 398 g/mol. The summed E-state index contributed by atoms with van der Waals surface area (Å²) in [4.78, 5) is 12.6. The summed E-state index contributed by atoms with van der Waals surface area (Å²) < 4.78 is 23.1. The van der Waals surface area contributed by atoms with Gasteiger partial charge in [-0.15, -0.1) is 0 Å². The van der Waals surface area contributed by atoms with E-state index in [1.54, 1.807) is 10.9 Å². The van der Waals surface area contributed by atoms with Gasteiger partial charge in [0.25, 0.3) is 0 Å². The number of aromatic nitrogens is 4. The van der Waals surface area contributed by atoms with Gasteiger partial charge in [-0.25, -0.2) is 9.97 Å². The van der Waals surface area contributed by atoms with Crippen LogP contribution >= 0.6 is 23.2 Å². The summed E-state index contributed by atoms with van der Waals surface area (Å²) in [5.74, 6) is 1.38. The van der Waals surface area contributed by atoms with Gasteiger partial charge in [-0.1, -0.05) is 23.2 Å². The lowest BCUT2D eigenvalue weighted by Gasteiger charge is -2.19. The first kappa shape index (κ1) is 18.3. The third-order valence-electron chi connectivity index (χ3n) is 3.84. The molecular weight excluding hydrogens is 383 g/mol. The zero-order valence-corrected chi connectivity index (χ0v) is 16.1. The van der Waals surface area contributed by atoms with Crippen molar-refractivity contribution in [3.63, 3.8) is 0 Å². The molecule has 0 atom stereocenters. The predicted molar refractivity (Wildman–Crippen MR) is 97.1 cm³/mol. The minimum Gasteiger partial charge on any atom is -0.491 e. The Morgan fingerprint density at radius 3 is 2.00 bits per heavy atom. The lowest BCUT2D eigenvalue weighted by molar-refractivity contribution is 0.324. The van der Waals surface area contributed by atoms with Crippen LogP contribution in [0.4, 0.5) is 0 Å². The van der Waals surface area contributed by atoms with E-state index < -0.39 is 0 Å². The molecule has 0 N–H and O–H groups in total. The zero-order chi connectivity index (χ0) is 18.8. The lowest BCUT2D eigenvalue weighted by Crippen LogP contribution is -2.05. The second kappa shape index (κ2) is 7.43. The minimum atomic E-state index is 0.283. The van der Waals surface area contributed by atoms with Crippen LogP contribution in [0.5, 0.6) is 23.1 Å². The zero-order valence-electron chi connectivity index (χ0n) is 14.5. The number of imidazole rings is 1. The number of nitrogens with zero attached hydrogens (tertiary/aromatic N) is 4. The highest BCUT2D eigenvalue weighted by Crippen LogP contribution is 2.50. The Morgan fingerprint density at radius 2 is 1.46 bits per heavy atom. The van der Waals surface area contributed by atoms with E-state index in [9.17, 15) is 0 Å². The summed E-state index contributed by atoms with van der Waals surface area (Å²) in [6.45, 7) is 0.283. The van der Waals surface area contributed by atoms with Crippen molar-refractivity contribution in [1.29, 1.82) is 0 Å². The highest BCUT2D eigenvalue weighted by molar-refractivity contribution is 6.38. The van der Waals surface area contributed by atoms with Crippen LogP contribution in [0.2, 0.25) is 10.0 Å². The summed E-state index contributed by atoms with van der Waals surface area (Å²) in [5.41, 5.74) is 1.70. The fraction of sp³-hybridized carbons (Fsp3) is 0.312. The number of benzene rings is 1. The number of fused-ring (bicyclic) bond motifs is 1. The largest absolute Gasteiger partial charge is 0.491 e. The van der Waals surface area contributed by atoms with Crippen molar-refractivity contribution in [2.45, 2.75) is 6.54 Å². The van der Waals surface area contributed by atoms with Crippen LogP contribution in [0, 0.1) is 0 Å². The van der Waals surface area contributed by atoms with E-state index in [0.717, 1.165) is 0 Å². The van der Waals surface area contributed by atoms with E-state index in [1.807, 2.05) is 0 Å². The van der Waals surface area contributed by atoms with E-state index in [4.69, 9.17) is 42.1 Å². The SMILES string of the molecule is COc1c(Cl)c(Cn2cnc3c(OC)ncnc32)c(Cl)c(OC)c1OC. The van der Waals surface area contributed by atoms with E-state index >= 15 is 0 Å². The molecule has 1 aromatic carbocycles. The van der Waals surface area contributed by atoms with E-state index in [-0.39, 0.29) is 6.54 Å². The fourth-order valence-corrected chi connectivity index (χ4v) is 3.34. The number of methoxy groups -OCH3 is 4. The quantitative estimate of drug-likeness (QED) is 0.630. The molecule has 0 aliphatic carbocycles. The van der Waals surface area contributed by atoms with E-state index in [1.165, 1.54) is 34.8 Å². The Labute approximate surface area is 159 Å². The Morgan fingerprint density at radius 1 is 0.846 bits per heavy atom. The molecule has 0 saturated carbocycles. The number of ether oxygens (including phenoxy) is 4. The Hall–Kier alpha value is -2.45. The minimum absolute atomic E-state index is 0.283. The van der Waals surface area contributed by atoms with Crippen LogP contribution < -0.4 is 18.9 Å². The molecule has 0 aliphatic heterocycles. The van der Waals surface area contributed by atoms with Gasteiger partial charge in [0.2, 0.25) is 11.6 Å². The predicted octanol–water partition coefficient (Wildman–Crippen LogP) is 3.22. The fourth-order valence-electron chi connectivity index (χ4n) is 2.66. The van der Waals surface area contributed by atoms with Gasteiger partial charge in [0.15, 0.2) is 22.7 Å². The molecule has 0 spiro atoms. The smallest absolute Gasteiger partial charge is 0.245 e. The van der Waals surface area contributed by atoms with Gasteiger partial charge < -0.3 is 23.5 Å². The molecule has 10 heteroatoms. The van der Waals surface area contributed by atoms with Gasteiger partial charge in [0, 0.05) is 5.56 Å². The average Bonchev–Trinajstić information content (AvgIpc) is 3.07. The van der Waals surface area contributed by atoms with Crippen molar-refractivity contribution in [2.75, 3.05) is 28.4 Å². The van der Waals surface area contributed by atoms with Gasteiger partial charge >= 0.3 is 0 Å². The number of hydrogen-bond donors (Lipinski definition) is 0. The molecule has 26 heavy (non-hydrogen) atoms. The van der Waals surface area contributed by atoms with Crippen molar-refractivity contribution in [2.24, 2.45) is 0 Å². The van der Waals surface area contributed by atoms with Crippen LogP contribution in [0.1, 0.15) is 5.56 Å². The molecule has 2 aromatic heterocycles. The van der Waals surface area contributed by atoms with Gasteiger partial charge in [-0.3, -0.25) is 0 Å². The molecule has 3 rings (SSSR count). The van der Waals surface area contributed by atoms with Crippen LogP contribution in [0.3, 0.4) is 0 Å². The molecule has 0 fully saturated rings. The maximum atomic E-state index is 6.52. The Balaban J connectivity index is 2.17. The molecule has 0 radical (unpaired) electrons. The molecular formula is C16H16Cl2N4O4. The molecule has 2 heterocycles. The molecule has 0 saturated heterocycles. The Bertz CT molecular complexity index is 930. The van der Waals surface area contributed by atoms with E-state index in [2.05, 4.69) is 15.0 Å². The molecule has 0 bridgehead atoms. The molecule has 138 valence electrons. The normalized spacial score (nSPS) is 10.8. The van der Waals surface area contributed by atoms with Crippen molar-refractivity contribution in [3.8, 4) is 23.1 Å². The highest BCUT2D eigenvalue weighted by atomic mass is 35.5. The maximum absolute atomic E-state index is 6.52. The number of hydrogen-bond acceptors (Lipinski definition) is 7. The topological polar surface area (TPSA) is 80.5 Å². The van der Waals surface area contributed by atoms with Crippen LogP contribution in [0.25, 0.3) is 11.2 Å². The molecule has 0 aliphatic rings. The molecule has 3 aromatic rings. The van der Waals surface area contributed by atoms with Crippen molar-refractivity contribution < 1.29 is 18.9 Å². The van der Waals surface area contributed by atoms with Gasteiger partial charge in [-0.2, -0.15) is 4.98 Å². The highest BCUT2D eigenvalue weighted by Gasteiger charge is 2.25. The second-order valence-corrected chi connectivity index (χ2v) is 5.89. The number of halogens is 2. The van der Waals surface area contributed by atoms with Crippen molar-refractivity contribution >= 4 is 34.4 Å². The van der Waals surface area contributed by atoms with Gasteiger partial charge in [0.1, 0.15) is 6.33 Å². The average molecular weight is 399 g/mol. The van der Waals surface area contributed by atoms with Gasteiger partial charge in [0.05, 0.1) is 51.4 Å². The summed E-state index contributed by atoms with van der Waals surface area (Å²) in [5, 5.41) is 0.635. The van der Waals surface area contributed by atoms with Crippen molar-refractivity contribution in [3.05, 3.63) is 28.3 Å². The summed E-state index contributed by atoms with van der Waals surface area (Å²) in [6, 6.07) is 0. The van der Waals surface area contributed by atoms with Gasteiger partial charge in [-0.05, 0) is 0 Å². The summed E-state index contributed by atoms with van der Waals surface area (Å²) in [6.07, 6.45) is 3.01. The molecule has 0 amide bonds. The molecule has 8 nitrogen and oxygen atoms in total. The van der Waals surface area contributed by atoms with Crippen LogP contribution in [-0.4, -0.2) is 48.0 Å². The van der Waals surface area contributed by atoms with Crippen LogP contribution in [-0.2, 0) is 6.54 Å². The third-order valence-corrected chi connectivity index (χ3v) is 4.64. The third kappa shape index (κ3) is 2.85. The standard InChI is InChI=1S/C16H16Cl2N4O4/c1-23-12-9(17)8(10(18)13(24-2)14(12)25-3)5-22-7-21-11-15(22)19-6-20-16(11)26-4/h6-7H,5H2,1-4H3. The molecule has 0 unspecified atom stereocenters. The Kier molecular flexibility index (Phi) is 5.24. The first-order chi connectivity index (χ1) is 12.6. The number of rotatable bonds is 6.